The standard InChI is InChI=1S/C15H17ClN2O3/c1-8(2)13(15(20)21)17-14(19)12-7-9-6-10(16)4-5-11(9)18(12)3/h4-8,13H,1-3H3,(H,17,19)(H,20,21)/t13-/m0/s1. The first kappa shape index (κ1) is 15.4. The van der Waals surface area contributed by atoms with Crippen LogP contribution in [0.2, 0.25) is 5.02 Å². The molecule has 112 valence electrons. The largest absolute Gasteiger partial charge is 0.480 e. The minimum atomic E-state index is -1.04. The Morgan fingerprint density at radius 1 is 1.29 bits per heavy atom. The summed E-state index contributed by atoms with van der Waals surface area (Å²) in [4.78, 5) is 23.5. The molecule has 2 N–H and O–H groups in total. The molecule has 1 aromatic heterocycles. The van der Waals surface area contributed by atoms with E-state index in [1.807, 2.05) is 6.07 Å². The Kier molecular flexibility index (Phi) is 4.23. The number of fused-ring (bicyclic) bond motifs is 1. The maximum atomic E-state index is 12.3. The Morgan fingerprint density at radius 2 is 1.95 bits per heavy atom. The summed E-state index contributed by atoms with van der Waals surface area (Å²) < 4.78 is 1.72. The van der Waals surface area contributed by atoms with Gasteiger partial charge in [0.25, 0.3) is 5.91 Å². The number of aryl methyl sites for hydroxylation is 1. The van der Waals surface area contributed by atoms with E-state index in [0.29, 0.717) is 10.7 Å². The average Bonchev–Trinajstić information content (AvgIpc) is 2.71. The normalized spacial score (nSPS) is 12.6. The Labute approximate surface area is 127 Å². The number of benzene rings is 1. The highest BCUT2D eigenvalue weighted by molar-refractivity contribution is 6.31. The second-order valence-electron chi connectivity index (χ2n) is 5.33. The lowest BCUT2D eigenvalue weighted by molar-refractivity contribution is -0.140. The van der Waals surface area contributed by atoms with Crippen molar-refractivity contribution in [3.63, 3.8) is 0 Å². The van der Waals surface area contributed by atoms with E-state index in [1.54, 1.807) is 43.7 Å². The van der Waals surface area contributed by atoms with E-state index in [-0.39, 0.29) is 5.92 Å². The first-order valence-electron chi connectivity index (χ1n) is 6.60. The molecule has 1 atom stereocenters. The molecule has 0 fully saturated rings. The lowest BCUT2D eigenvalue weighted by atomic mass is 10.0. The zero-order valence-electron chi connectivity index (χ0n) is 12.1. The third-order valence-electron chi connectivity index (χ3n) is 3.46. The number of carbonyl (C=O) groups is 2. The molecule has 0 unspecified atom stereocenters. The van der Waals surface area contributed by atoms with Crippen LogP contribution < -0.4 is 5.32 Å². The molecule has 5 nitrogen and oxygen atoms in total. The number of amides is 1. The van der Waals surface area contributed by atoms with E-state index < -0.39 is 17.9 Å². The topological polar surface area (TPSA) is 71.3 Å². The molecule has 1 amide bonds. The molecule has 1 aromatic carbocycles. The summed E-state index contributed by atoms with van der Waals surface area (Å²) in [5.74, 6) is -1.65. The van der Waals surface area contributed by atoms with Crippen LogP contribution in [0.1, 0.15) is 24.3 Å². The molecular formula is C15H17ClN2O3. The number of halogens is 1. The van der Waals surface area contributed by atoms with Gasteiger partial charge in [-0.1, -0.05) is 25.4 Å². The molecular weight excluding hydrogens is 292 g/mol. The summed E-state index contributed by atoms with van der Waals surface area (Å²) >= 11 is 5.94. The van der Waals surface area contributed by atoms with Gasteiger partial charge >= 0.3 is 5.97 Å². The Bertz CT molecular complexity index is 706. The molecule has 0 aliphatic carbocycles. The van der Waals surface area contributed by atoms with Crippen molar-refractivity contribution in [1.82, 2.24) is 9.88 Å². The van der Waals surface area contributed by atoms with Gasteiger partial charge in [-0.2, -0.15) is 0 Å². The number of carboxylic acid groups (broad SMARTS) is 1. The van der Waals surface area contributed by atoms with E-state index in [0.717, 1.165) is 10.9 Å². The van der Waals surface area contributed by atoms with Gasteiger partial charge < -0.3 is 15.0 Å². The van der Waals surface area contributed by atoms with Crippen molar-refractivity contribution < 1.29 is 14.7 Å². The van der Waals surface area contributed by atoms with E-state index in [2.05, 4.69) is 5.32 Å². The van der Waals surface area contributed by atoms with Crippen LogP contribution >= 0.6 is 11.6 Å². The van der Waals surface area contributed by atoms with E-state index in [9.17, 15) is 9.59 Å². The van der Waals surface area contributed by atoms with Crippen LogP contribution in [0.5, 0.6) is 0 Å². The summed E-state index contributed by atoms with van der Waals surface area (Å²) in [6, 6.07) is 6.13. The van der Waals surface area contributed by atoms with Crippen LogP contribution in [0.15, 0.2) is 24.3 Å². The lowest BCUT2D eigenvalue weighted by Gasteiger charge is -2.18. The minimum absolute atomic E-state index is 0.199. The molecule has 0 aliphatic rings. The van der Waals surface area contributed by atoms with E-state index >= 15 is 0 Å². The molecule has 1 heterocycles. The molecule has 0 spiro atoms. The molecule has 0 bridgehead atoms. The SMILES string of the molecule is CC(C)[C@H](NC(=O)c1cc2cc(Cl)ccc2n1C)C(=O)O. The molecule has 0 radical (unpaired) electrons. The van der Waals surface area contributed by atoms with Gasteiger partial charge in [-0.3, -0.25) is 4.79 Å². The van der Waals surface area contributed by atoms with Crippen LogP contribution in [-0.4, -0.2) is 27.6 Å². The van der Waals surface area contributed by atoms with Gasteiger partial charge in [-0.05, 0) is 30.2 Å². The van der Waals surface area contributed by atoms with E-state index in [4.69, 9.17) is 16.7 Å². The number of aliphatic carboxylic acids is 1. The third-order valence-corrected chi connectivity index (χ3v) is 3.69. The second kappa shape index (κ2) is 5.77. The smallest absolute Gasteiger partial charge is 0.326 e. The number of aromatic nitrogens is 1. The van der Waals surface area contributed by atoms with Crippen LogP contribution in [0.25, 0.3) is 10.9 Å². The van der Waals surface area contributed by atoms with Crippen molar-refractivity contribution in [2.24, 2.45) is 13.0 Å². The Hall–Kier alpha value is -2.01. The summed E-state index contributed by atoms with van der Waals surface area (Å²) in [5, 5.41) is 13.1. The maximum absolute atomic E-state index is 12.3. The second-order valence-corrected chi connectivity index (χ2v) is 5.76. The summed E-state index contributed by atoms with van der Waals surface area (Å²) in [6.07, 6.45) is 0. The molecule has 0 saturated heterocycles. The minimum Gasteiger partial charge on any atom is -0.480 e. The fraction of sp³-hybridized carbons (Fsp3) is 0.333. The number of carboxylic acids is 1. The van der Waals surface area contributed by atoms with Crippen LogP contribution in [0.4, 0.5) is 0 Å². The number of nitrogens with one attached hydrogen (secondary N) is 1. The molecule has 0 saturated carbocycles. The lowest BCUT2D eigenvalue weighted by Crippen LogP contribution is -2.44. The van der Waals surface area contributed by atoms with Gasteiger partial charge in [-0.15, -0.1) is 0 Å². The maximum Gasteiger partial charge on any atom is 0.326 e. The quantitative estimate of drug-likeness (QED) is 0.912. The van der Waals surface area contributed by atoms with Crippen molar-refractivity contribution >= 4 is 34.4 Å². The Morgan fingerprint density at radius 3 is 2.52 bits per heavy atom. The highest BCUT2D eigenvalue weighted by Gasteiger charge is 2.25. The average molecular weight is 309 g/mol. The van der Waals surface area contributed by atoms with Gasteiger partial charge in [0.2, 0.25) is 0 Å². The summed E-state index contributed by atoms with van der Waals surface area (Å²) in [7, 11) is 1.76. The zero-order valence-corrected chi connectivity index (χ0v) is 12.8. The van der Waals surface area contributed by atoms with Gasteiger partial charge in [0.15, 0.2) is 0 Å². The highest BCUT2D eigenvalue weighted by atomic mass is 35.5. The predicted octanol–water partition coefficient (Wildman–Crippen LogP) is 2.67. The van der Waals surface area contributed by atoms with Gasteiger partial charge in [0.05, 0.1) is 0 Å². The number of rotatable bonds is 4. The fourth-order valence-electron chi connectivity index (χ4n) is 2.27. The summed E-state index contributed by atoms with van der Waals surface area (Å²) in [6.45, 7) is 3.50. The van der Waals surface area contributed by atoms with Crippen LogP contribution in [0, 0.1) is 5.92 Å². The number of hydrogen-bond acceptors (Lipinski definition) is 2. The van der Waals surface area contributed by atoms with Gasteiger partial charge in [0, 0.05) is 23.0 Å². The van der Waals surface area contributed by atoms with Crippen molar-refractivity contribution in [1.29, 1.82) is 0 Å². The molecule has 6 heteroatoms. The Balaban J connectivity index is 2.35. The fourth-order valence-corrected chi connectivity index (χ4v) is 2.45. The zero-order chi connectivity index (χ0) is 15.7. The van der Waals surface area contributed by atoms with Crippen LogP contribution in [0.3, 0.4) is 0 Å². The van der Waals surface area contributed by atoms with Crippen molar-refractivity contribution in [3.8, 4) is 0 Å². The number of nitrogens with zero attached hydrogens (tertiary/aromatic N) is 1. The molecule has 2 aromatic rings. The molecule has 21 heavy (non-hydrogen) atoms. The molecule has 0 aliphatic heterocycles. The highest BCUT2D eigenvalue weighted by Crippen LogP contribution is 2.22. The van der Waals surface area contributed by atoms with E-state index in [1.165, 1.54) is 0 Å². The first-order chi connectivity index (χ1) is 9.81. The molecule has 2 rings (SSSR count). The summed E-state index contributed by atoms with van der Waals surface area (Å²) in [5.41, 5.74) is 1.26. The van der Waals surface area contributed by atoms with Crippen molar-refractivity contribution in [2.45, 2.75) is 19.9 Å². The van der Waals surface area contributed by atoms with Crippen molar-refractivity contribution in [2.75, 3.05) is 0 Å². The first-order valence-corrected chi connectivity index (χ1v) is 6.97. The number of hydrogen-bond donors (Lipinski definition) is 2. The third kappa shape index (κ3) is 3.03. The van der Waals surface area contributed by atoms with Crippen LogP contribution in [-0.2, 0) is 11.8 Å². The van der Waals surface area contributed by atoms with Gasteiger partial charge in [0.1, 0.15) is 11.7 Å². The predicted molar refractivity (Wildman–Crippen MR) is 81.7 cm³/mol. The monoisotopic (exact) mass is 308 g/mol. The number of carbonyl (C=O) groups excluding carboxylic acids is 1. The van der Waals surface area contributed by atoms with Crippen molar-refractivity contribution in [3.05, 3.63) is 35.0 Å². The van der Waals surface area contributed by atoms with Gasteiger partial charge in [-0.25, -0.2) is 4.79 Å².